The largest absolute Gasteiger partial charge is 0.452 e. The second-order valence-corrected chi connectivity index (χ2v) is 5.66. The van der Waals surface area contributed by atoms with E-state index in [9.17, 15) is 9.59 Å². The second kappa shape index (κ2) is 8.90. The number of aromatic nitrogens is 2. The summed E-state index contributed by atoms with van der Waals surface area (Å²) < 4.78 is 10.8. The zero-order valence-corrected chi connectivity index (χ0v) is 15.6. The molecule has 10 heteroatoms. The number of ether oxygens (including phenoxy) is 2. The highest BCUT2D eigenvalue weighted by Crippen LogP contribution is 2.26. The number of imidazole rings is 1. The summed E-state index contributed by atoms with van der Waals surface area (Å²) in [4.78, 5) is 28.2. The van der Waals surface area contributed by atoms with E-state index in [1.165, 1.54) is 30.7 Å². The minimum Gasteiger partial charge on any atom is -0.452 e. The summed E-state index contributed by atoms with van der Waals surface area (Å²) in [6.45, 7) is 1.69. The number of hydrogen-bond donors (Lipinski definition) is 1. The maximum Gasteiger partial charge on any atom is 0.434 e. The molecule has 1 aromatic carbocycles. The smallest absolute Gasteiger partial charge is 0.434 e. The minimum absolute atomic E-state index is 0.235. The van der Waals surface area contributed by atoms with Crippen LogP contribution in [0.3, 0.4) is 0 Å². The Balaban J connectivity index is 2.51. The summed E-state index contributed by atoms with van der Waals surface area (Å²) >= 11 is 1.34. The van der Waals surface area contributed by atoms with Crippen LogP contribution in [0.1, 0.15) is 11.3 Å². The molecule has 0 aliphatic carbocycles. The van der Waals surface area contributed by atoms with Gasteiger partial charge in [-0.3, -0.25) is 0 Å². The van der Waals surface area contributed by atoms with Crippen molar-refractivity contribution in [2.45, 2.75) is 12.1 Å². The SMILES string of the molecule is COC(=O)NN(C(=O)OC)c1c(C)nc(SC)n1/N=C/c1ccccc1. The van der Waals surface area contributed by atoms with Crippen LogP contribution < -0.4 is 10.4 Å². The fraction of sp³-hybridized carbons (Fsp3) is 0.250. The lowest BCUT2D eigenvalue weighted by Gasteiger charge is -2.21. The van der Waals surface area contributed by atoms with Crippen LogP contribution >= 0.6 is 11.8 Å². The van der Waals surface area contributed by atoms with Crippen molar-refractivity contribution in [2.24, 2.45) is 5.10 Å². The number of carbonyl (C=O) groups excluding carboxylic acids is 2. The van der Waals surface area contributed by atoms with Gasteiger partial charge in [-0.15, -0.1) is 0 Å². The van der Waals surface area contributed by atoms with E-state index in [2.05, 4.69) is 20.2 Å². The summed E-state index contributed by atoms with van der Waals surface area (Å²) in [5.41, 5.74) is 3.64. The van der Waals surface area contributed by atoms with Crippen LogP contribution in [0, 0.1) is 6.92 Å². The topological polar surface area (TPSA) is 98.0 Å². The average molecular weight is 377 g/mol. The monoisotopic (exact) mass is 377 g/mol. The van der Waals surface area contributed by atoms with E-state index in [0.29, 0.717) is 10.9 Å². The van der Waals surface area contributed by atoms with Gasteiger partial charge < -0.3 is 9.47 Å². The predicted octanol–water partition coefficient (Wildman–Crippen LogP) is 2.64. The average Bonchev–Trinajstić information content (AvgIpc) is 2.99. The van der Waals surface area contributed by atoms with Crippen LogP contribution in [0.5, 0.6) is 0 Å². The molecule has 1 heterocycles. The first kappa shape index (κ1) is 19.3. The lowest BCUT2D eigenvalue weighted by molar-refractivity contribution is 0.157. The van der Waals surface area contributed by atoms with Crippen molar-refractivity contribution in [1.29, 1.82) is 0 Å². The molecule has 9 nitrogen and oxygen atoms in total. The Bertz CT molecular complexity index is 806. The van der Waals surface area contributed by atoms with Crippen LogP contribution in [0.15, 0.2) is 40.6 Å². The third-order valence-corrected chi connectivity index (χ3v) is 3.86. The van der Waals surface area contributed by atoms with E-state index in [-0.39, 0.29) is 5.82 Å². The molecule has 0 unspecified atom stereocenters. The number of thioether (sulfide) groups is 1. The maximum absolute atomic E-state index is 12.2. The summed E-state index contributed by atoms with van der Waals surface area (Å²) in [5, 5.41) is 5.84. The summed E-state index contributed by atoms with van der Waals surface area (Å²) in [6, 6.07) is 9.44. The number of aryl methyl sites for hydroxylation is 1. The van der Waals surface area contributed by atoms with Gasteiger partial charge in [0.2, 0.25) is 0 Å². The molecule has 0 bridgehead atoms. The molecular formula is C16H19N5O4S. The summed E-state index contributed by atoms with van der Waals surface area (Å²) in [7, 11) is 2.39. The molecule has 26 heavy (non-hydrogen) atoms. The van der Waals surface area contributed by atoms with E-state index in [0.717, 1.165) is 10.6 Å². The fourth-order valence-corrected chi connectivity index (χ4v) is 2.59. The molecule has 1 N–H and O–H groups in total. The Labute approximate surface area is 155 Å². The van der Waals surface area contributed by atoms with Crippen molar-refractivity contribution >= 4 is 36.0 Å². The molecule has 0 atom stereocenters. The van der Waals surface area contributed by atoms with Crippen molar-refractivity contribution in [2.75, 3.05) is 25.5 Å². The molecule has 0 saturated heterocycles. The zero-order chi connectivity index (χ0) is 19.1. The molecule has 2 aromatic rings. The second-order valence-electron chi connectivity index (χ2n) is 4.88. The van der Waals surface area contributed by atoms with Crippen molar-refractivity contribution < 1.29 is 19.1 Å². The van der Waals surface area contributed by atoms with E-state index < -0.39 is 12.2 Å². The summed E-state index contributed by atoms with van der Waals surface area (Å²) in [6.07, 6.45) is 1.80. The highest BCUT2D eigenvalue weighted by atomic mass is 32.2. The van der Waals surface area contributed by atoms with Crippen LogP contribution in [0.2, 0.25) is 0 Å². The van der Waals surface area contributed by atoms with Gasteiger partial charge in [0.1, 0.15) is 0 Å². The Hall–Kier alpha value is -3.01. The molecule has 2 amide bonds. The van der Waals surface area contributed by atoms with Gasteiger partial charge in [-0.1, -0.05) is 42.1 Å². The van der Waals surface area contributed by atoms with E-state index >= 15 is 0 Å². The Morgan fingerprint density at radius 2 is 1.96 bits per heavy atom. The van der Waals surface area contributed by atoms with Gasteiger partial charge in [0, 0.05) is 0 Å². The number of benzene rings is 1. The molecule has 0 aliphatic heterocycles. The number of nitrogens with zero attached hydrogens (tertiary/aromatic N) is 4. The molecule has 0 aliphatic rings. The van der Waals surface area contributed by atoms with Gasteiger partial charge in [0.15, 0.2) is 11.0 Å². The van der Waals surface area contributed by atoms with Gasteiger partial charge in [-0.25, -0.2) is 20.0 Å². The van der Waals surface area contributed by atoms with Gasteiger partial charge in [-0.2, -0.15) is 14.8 Å². The molecular weight excluding hydrogens is 358 g/mol. The molecule has 0 fully saturated rings. The normalized spacial score (nSPS) is 10.6. The van der Waals surface area contributed by atoms with Gasteiger partial charge >= 0.3 is 12.2 Å². The first-order valence-corrected chi connectivity index (χ1v) is 8.69. The number of hydrazine groups is 1. The van der Waals surface area contributed by atoms with Gasteiger partial charge in [-0.05, 0) is 18.7 Å². The minimum atomic E-state index is -0.833. The van der Waals surface area contributed by atoms with Crippen LogP contribution in [0.4, 0.5) is 15.4 Å². The number of methoxy groups -OCH3 is 2. The number of carbonyl (C=O) groups is 2. The van der Waals surface area contributed by atoms with E-state index in [1.807, 2.05) is 36.6 Å². The van der Waals surface area contributed by atoms with Crippen molar-refractivity contribution in [3.05, 3.63) is 41.6 Å². The Morgan fingerprint density at radius 3 is 2.54 bits per heavy atom. The molecule has 1 aromatic heterocycles. The van der Waals surface area contributed by atoms with Crippen molar-refractivity contribution in [1.82, 2.24) is 15.1 Å². The Morgan fingerprint density at radius 1 is 1.27 bits per heavy atom. The third-order valence-electron chi connectivity index (χ3n) is 3.23. The van der Waals surface area contributed by atoms with Crippen molar-refractivity contribution in [3.63, 3.8) is 0 Å². The number of hydrogen-bond acceptors (Lipinski definition) is 7. The maximum atomic E-state index is 12.2. The van der Waals surface area contributed by atoms with Crippen molar-refractivity contribution in [3.8, 4) is 0 Å². The first-order valence-electron chi connectivity index (χ1n) is 7.47. The van der Waals surface area contributed by atoms with Gasteiger partial charge in [0.25, 0.3) is 0 Å². The molecule has 0 radical (unpaired) electrons. The van der Waals surface area contributed by atoms with Crippen LogP contribution in [-0.4, -0.2) is 48.5 Å². The standard InChI is InChI=1S/C16H19N5O4S/c1-11-13(21(16(23)25-3)19-15(22)24-2)20(14(18-11)26-4)17-10-12-8-6-5-7-9-12/h5-10H,1-4H3,(H,19,22)/b17-10+. The number of amides is 2. The quantitative estimate of drug-likeness (QED) is 0.500. The summed E-state index contributed by atoms with van der Waals surface area (Å²) in [5.74, 6) is 0.235. The molecule has 0 spiro atoms. The lowest BCUT2D eigenvalue weighted by Crippen LogP contribution is -2.47. The van der Waals surface area contributed by atoms with E-state index in [4.69, 9.17) is 4.74 Å². The molecule has 2 rings (SSSR count). The first-order chi connectivity index (χ1) is 12.5. The van der Waals surface area contributed by atoms with Crippen LogP contribution in [-0.2, 0) is 9.47 Å². The highest BCUT2D eigenvalue weighted by molar-refractivity contribution is 7.98. The molecule has 0 saturated carbocycles. The predicted molar refractivity (Wildman–Crippen MR) is 98.6 cm³/mol. The number of rotatable bonds is 4. The fourth-order valence-electron chi connectivity index (χ4n) is 2.05. The third kappa shape index (κ3) is 4.33. The van der Waals surface area contributed by atoms with E-state index in [1.54, 1.807) is 13.1 Å². The molecule has 138 valence electrons. The zero-order valence-electron chi connectivity index (χ0n) is 14.8. The lowest BCUT2D eigenvalue weighted by atomic mass is 10.2. The number of nitrogens with one attached hydrogen (secondary N) is 1. The van der Waals surface area contributed by atoms with Crippen LogP contribution in [0.25, 0.3) is 0 Å². The highest BCUT2D eigenvalue weighted by Gasteiger charge is 2.27. The van der Waals surface area contributed by atoms with Gasteiger partial charge in [0.05, 0.1) is 26.1 Å². The Kier molecular flexibility index (Phi) is 6.61. The number of anilines is 1.